The number of hydrogen-bond acceptors (Lipinski definition) is 7. The van der Waals surface area contributed by atoms with Gasteiger partial charge in [0.05, 0.1) is 25.3 Å². The Morgan fingerprint density at radius 3 is 2.00 bits per heavy atom. The van der Waals surface area contributed by atoms with Crippen molar-refractivity contribution in [2.24, 2.45) is 0 Å². The number of benzene rings is 1. The van der Waals surface area contributed by atoms with Crippen molar-refractivity contribution in [3.63, 3.8) is 0 Å². The number of anilines is 1. The maximum atomic E-state index is 12.1. The molecule has 0 amide bonds. The molecule has 0 radical (unpaired) electrons. The molecule has 7 heteroatoms. The predicted octanol–water partition coefficient (Wildman–Crippen LogP) is 2.18. The van der Waals surface area contributed by atoms with Gasteiger partial charge in [-0.2, -0.15) is 0 Å². The maximum Gasteiger partial charge on any atom is 0.361 e. The van der Waals surface area contributed by atoms with Crippen LogP contribution >= 0.6 is 0 Å². The Hall–Kier alpha value is -2.57. The van der Waals surface area contributed by atoms with Gasteiger partial charge in [0.1, 0.15) is 5.60 Å². The molecule has 2 rings (SSSR count). The minimum Gasteiger partial charge on any atom is -0.493 e. The number of hydrogen-bond donors (Lipinski definition) is 1. The van der Waals surface area contributed by atoms with Gasteiger partial charge in [0.15, 0.2) is 23.0 Å². The van der Waals surface area contributed by atoms with Crippen LogP contribution in [0, 0.1) is 0 Å². The third-order valence-corrected chi connectivity index (χ3v) is 2.79. The SMILES string of the molecule is COc1cc2nc(N)c(C(=O)OC(C)(C)C)nc2cc1OC. The van der Waals surface area contributed by atoms with Crippen LogP contribution in [0.25, 0.3) is 11.0 Å². The van der Waals surface area contributed by atoms with Crippen LogP contribution in [0.3, 0.4) is 0 Å². The topological polar surface area (TPSA) is 96.6 Å². The zero-order valence-electron chi connectivity index (χ0n) is 13.3. The van der Waals surface area contributed by atoms with Gasteiger partial charge >= 0.3 is 5.97 Å². The molecule has 22 heavy (non-hydrogen) atoms. The number of carbonyl (C=O) groups excluding carboxylic acids is 1. The van der Waals surface area contributed by atoms with Gasteiger partial charge in [0.25, 0.3) is 0 Å². The first-order valence-corrected chi connectivity index (χ1v) is 6.67. The molecule has 0 atom stereocenters. The lowest BCUT2D eigenvalue weighted by atomic mass is 10.2. The number of aromatic nitrogens is 2. The van der Waals surface area contributed by atoms with E-state index in [9.17, 15) is 4.79 Å². The summed E-state index contributed by atoms with van der Waals surface area (Å²) >= 11 is 0. The molecular weight excluding hydrogens is 286 g/mol. The number of methoxy groups -OCH3 is 2. The van der Waals surface area contributed by atoms with Gasteiger partial charge in [0, 0.05) is 12.1 Å². The normalized spacial score (nSPS) is 11.3. The molecule has 0 aliphatic carbocycles. The molecule has 0 saturated carbocycles. The van der Waals surface area contributed by atoms with Crippen LogP contribution < -0.4 is 15.2 Å². The van der Waals surface area contributed by atoms with E-state index in [1.54, 1.807) is 32.9 Å². The van der Waals surface area contributed by atoms with E-state index in [4.69, 9.17) is 19.9 Å². The quantitative estimate of drug-likeness (QED) is 0.868. The molecule has 0 bridgehead atoms. The molecule has 0 aliphatic heterocycles. The summed E-state index contributed by atoms with van der Waals surface area (Å²) in [6.07, 6.45) is 0. The maximum absolute atomic E-state index is 12.1. The molecule has 0 saturated heterocycles. The second-order valence-corrected chi connectivity index (χ2v) is 5.66. The largest absolute Gasteiger partial charge is 0.493 e. The Balaban J connectivity index is 2.54. The number of ether oxygens (including phenoxy) is 3. The third kappa shape index (κ3) is 3.19. The van der Waals surface area contributed by atoms with Gasteiger partial charge in [-0.25, -0.2) is 14.8 Å². The Labute approximate surface area is 128 Å². The van der Waals surface area contributed by atoms with E-state index >= 15 is 0 Å². The first-order valence-electron chi connectivity index (χ1n) is 6.67. The van der Waals surface area contributed by atoms with Crippen molar-refractivity contribution in [3.8, 4) is 11.5 Å². The van der Waals surface area contributed by atoms with Gasteiger partial charge in [-0.3, -0.25) is 0 Å². The Morgan fingerprint density at radius 1 is 1.05 bits per heavy atom. The van der Waals surface area contributed by atoms with Gasteiger partial charge in [0.2, 0.25) is 0 Å². The van der Waals surface area contributed by atoms with E-state index < -0.39 is 11.6 Å². The summed E-state index contributed by atoms with van der Waals surface area (Å²) in [6.45, 7) is 5.30. The second-order valence-electron chi connectivity index (χ2n) is 5.66. The van der Waals surface area contributed by atoms with Crippen LogP contribution in [0.4, 0.5) is 5.82 Å². The second kappa shape index (κ2) is 5.67. The third-order valence-electron chi connectivity index (χ3n) is 2.79. The van der Waals surface area contributed by atoms with E-state index in [2.05, 4.69) is 9.97 Å². The highest BCUT2D eigenvalue weighted by molar-refractivity contribution is 5.95. The fraction of sp³-hybridized carbons (Fsp3) is 0.400. The van der Waals surface area contributed by atoms with Gasteiger partial charge < -0.3 is 19.9 Å². The minimum atomic E-state index is -0.641. The van der Waals surface area contributed by atoms with Crippen molar-refractivity contribution in [2.45, 2.75) is 26.4 Å². The highest BCUT2D eigenvalue weighted by Crippen LogP contribution is 2.31. The summed E-state index contributed by atoms with van der Waals surface area (Å²) in [5, 5.41) is 0. The first-order chi connectivity index (χ1) is 10.2. The molecule has 1 aromatic heterocycles. The summed E-state index contributed by atoms with van der Waals surface area (Å²) in [5.41, 5.74) is 6.13. The first kappa shape index (κ1) is 15.8. The monoisotopic (exact) mass is 305 g/mol. The van der Waals surface area contributed by atoms with Crippen molar-refractivity contribution in [1.29, 1.82) is 0 Å². The van der Waals surface area contributed by atoms with Gasteiger partial charge in [-0.05, 0) is 20.8 Å². The number of nitrogens with two attached hydrogens (primary N) is 1. The van der Waals surface area contributed by atoms with E-state index in [0.29, 0.717) is 22.5 Å². The zero-order chi connectivity index (χ0) is 16.5. The van der Waals surface area contributed by atoms with Crippen LogP contribution in [-0.4, -0.2) is 35.8 Å². The molecule has 0 unspecified atom stereocenters. The average molecular weight is 305 g/mol. The lowest BCUT2D eigenvalue weighted by molar-refractivity contribution is 0.00643. The molecule has 2 N–H and O–H groups in total. The predicted molar refractivity (Wildman–Crippen MR) is 82.2 cm³/mol. The van der Waals surface area contributed by atoms with Gasteiger partial charge in [-0.15, -0.1) is 0 Å². The van der Waals surface area contributed by atoms with E-state index in [1.165, 1.54) is 14.2 Å². The van der Waals surface area contributed by atoms with Crippen molar-refractivity contribution >= 4 is 22.8 Å². The lowest BCUT2D eigenvalue weighted by Gasteiger charge is -2.19. The van der Waals surface area contributed by atoms with Crippen molar-refractivity contribution in [1.82, 2.24) is 9.97 Å². The average Bonchev–Trinajstić information content (AvgIpc) is 2.43. The van der Waals surface area contributed by atoms with E-state index in [0.717, 1.165) is 0 Å². The van der Waals surface area contributed by atoms with Gasteiger partial charge in [-0.1, -0.05) is 0 Å². The molecule has 0 aliphatic rings. The smallest absolute Gasteiger partial charge is 0.361 e. The number of nitrogens with zero attached hydrogens (tertiary/aromatic N) is 2. The van der Waals surface area contributed by atoms with Crippen LogP contribution in [0.1, 0.15) is 31.3 Å². The number of rotatable bonds is 3. The highest BCUT2D eigenvalue weighted by Gasteiger charge is 2.23. The molecule has 7 nitrogen and oxygen atoms in total. The molecule has 118 valence electrons. The Morgan fingerprint density at radius 2 is 1.55 bits per heavy atom. The van der Waals surface area contributed by atoms with Crippen molar-refractivity contribution < 1.29 is 19.0 Å². The molecule has 1 aromatic carbocycles. The van der Waals surface area contributed by atoms with Crippen LogP contribution in [-0.2, 0) is 4.74 Å². The Bertz CT molecular complexity index is 723. The molecule has 1 heterocycles. The fourth-order valence-corrected chi connectivity index (χ4v) is 1.87. The Kier molecular flexibility index (Phi) is 4.07. The molecular formula is C15H19N3O4. The minimum absolute atomic E-state index is 0.00831. The fourth-order valence-electron chi connectivity index (χ4n) is 1.87. The van der Waals surface area contributed by atoms with Crippen molar-refractivity contribution in [2.75, 3.05) is 20.0 Å². The van der Waals surface area contributed by atoms with Crippen LogP contribution in [0.15, 0.2) is 12.1 Å². The number of esters is 1. The standard InChI is InChI=1S/C15H19N3O4/c1-15(2,3)22-14(19)12-13(16)18-9-7-11(21-5)10(20-4)6-8(9)17-12/h6-7H,1-5H3,(H2,16,18). The lowest BCUT2D eigenvalue weighted by Crippen LogP contribution is -2.25. The number of nitrogen functional groups attached to an aromatic ring is 1. The van der Waals surface area contributed by atoms with E-state index in [1.807, 2.05) is 0 Å². The van der Waals surface area contributed by atoms with E-state index in [-0.39, 0.29) is 11.5 Å². The van der Waals surface area contributed by atoms with Crippen LogP contribution in [0.2, 0.25) is 0 Å². The van der Waals surface area contributed by atoms with Crippen LogP contribution in [0.5, 0.6) is 11.5 Å². The van der Waals surface area contributed by atoms with Crippen molar-refractivity contribution in [3.05, 3.63) is 17.8 Å². The molecule has 2 aromatic rings. The number of fused-ring (bicyclic) bond motifs is 1. The summed E-state index contributed by atoms with van der Waals surface area (Å²) in [6, 6.07) is 3.28. The zero-order valence-corrected chi connectivity index (χ0v) is 13.3. The number of carbonyl (C=O) groups is 1. The summed E-state index contributed by atoms with van der Waals surface area (Å²) in [4.78, 5) is 20.6. The summed E-state index contributed by atoms with van der Waals surface area (Å²) < 4.78 is 15.7. The highest BCUT2D eigenvalue weighted by atomic mass is 16.6. The summed E-state index contributed by atoms with van der Waals surface area (Å²) in [7, 11) is 3.04. The molecule has 0 fully saturated rings. The summed E-state index contributed by atoms with van der Waals surface area (Å²) in [5.74, 6) is 0.390. The molecule has 0 spiro atoms.